The van der Waals surface area contributed by atoms with Gasteiger partial charge in [-0.25, -0.2) is 9.37 Å². The van der Waals surface area contributed by atoms with Gasteiger partial charge in [0, 0.05) is 85.2 Å². The average molecular weight is 566 g/mol. The van der Waals surface area contributed by atoms with Crippen LogP contribution in [0.1, 0.15) is 16.7 Å². The number of piperazine rings is 1. The minimum atomic E-state index is -0.426. The van der Waals surface area contributed by atoms with E-state index in [4.69, 9.17) is 10.7 Å². The molecule has 8 nitrogen and oxygen atoms in total. The predicted molar refractivity (Wildman–Crippen MR) is 172 cm³/mol. The number of aromatic amines is 1. The lowest BCUT2D eigenvalue weighted by Gasteiger charge is -2.34. The molecule has 42 heavy (non-hydrogen) atoms. The highest BCUT2D eigenvalue weighted by Crippen LogP contribution is 2.43. The molecule has 1 aliphatic rings. The van der Waals surface area contributed by atoms with Crippen molar-refractivity contribution in [3.63, 3.8) is 0 Å². The van der Waals surface area contributed by atoms with Crippen LogP contribution in [0.15, 0.2) is 66.4 Å². The van der Waals surface area contributed by atoms with E-state index in [1.807, 2.05) is 13.0 Å². The number of H-pyrrole nitrogens is 1. The Morgan fingerprint density at radius 3 is 2.50 bits per heavy atom. The molecule has 9 heteroatoms. The number of nitrogens with two attached hydrogens (primary N) is 1. The normalized spacial score (nSPS) is 14.6. The Kier molecular flexibility index (Phi) is 8.22. The maximum absolute atomic E-state index is 15.5. The number of benzene rings is 2. The molecule has 5 rings (SSSR count). The number of nitrogens with zero attached hydrogens (tertiary/aromatic N) is 4. The van der Waals surface area contributed by atoms with Crippen LogP contribution in [0, 0.1) is 19.7 Å². The fourth-order valence-electron chi connectivity index (χ4n) is 5.48. The van der Waals surface area contributed by atoms with Crippen LogP contribution < -0.4 is 16.0 Å². The topological polar surface area (TPSA) is 103 Å². The number of aromatic nitrogens is 2. The first kappa shape index (κ1) is 28.8. The summed E-state index contributed by atoms with van der Waals surface area (Å²) in [4.78, 5) is 29.3. The Labute approximate surface area is 245 Å². The zero-order chi connectivity index (χ0) is 30.0. The summed E-state index contributed by atoms with van der Waals surface area (Å²) in [5.41, 5.74) is 13.9. The Morgan fingerprint density at radius 1 is 1.14 bits per heavy atom. The van der Waals surface area contributed by atoms with Gasteiger partial charge in [0.2, 0.25) is 5.91 Å². The van der Waals surface area contributed by atoms with Crippen LogP contribution in [0.2, 0.25) is 0 Å². The van der Waals surface area contributed by atoms with Crippen molar-refractivity contribution < 1.29 is 9.18 Å². The van der Waals surface area contributed by atoms with Crippen LogP contribution in [-0.4, -0.2) is 67.3 Å². The molecule has 1 amide bonds. The van der Waals surface area contributed by atoms with Gasteiger partial charge in [-0.15, -0.1) is 0 Å². The molecule has 0 saturated carbocycles. The molecule has 3 heterocycles. The summed E-state index contributed by atoms with van der Waals surface area (Å²) in [6, 6.07) is 11.9. The van der Waals surface area contributed by atoms with Crippen LogP contribution in [0.5, 0.6) is 0 Å². The smallest absolute Gasteiger partial charge is 0.247 e. The van der Waals surface area contributed by atoms with Gasteiger partial charge in [0.15, 0.2) is 0 Å². The molecule has 0 bridgehead atoms. The molecular formula is C33H36FN7O. The van der Waals surface area contributed by atoms with Gasteiger partial charge in [0.25, 0.3) is 0 Å². The van der Waals surface area contributed by atoms with Gasteiger partial charge >= 0.3 is 0 Å². The Morgan fingerprint density at radius 2 is 1.86 bits per heavy atom. The second-order valence-electron chi connectivity index (χ2n) is 10.6. The highest BCUT2D eigenvalue weighted by Gasteiger charge is 2.23. The predicted octanol–water partition coefficient (Wildman–Crippen LogP) is 5.53. The number of carbonyl (C=O) groups is 1. The number of fused-ring (bicyclic) bond motifs is 1. The zero-order valence-corrected chi connectivity index (χ0v) is 24.5. The second kappa shape index (κ2) is 12.0. The molecule has 0 radical (unpaired) electrons. The Hall–Kier alpha value is -4.76. The van der Waals surface area contributed by atoms with Crippen molar-refractivity contribution in [2.75, 3.05) is 50.5 Å². The summed E-state index contributed by atoms with van der Waals surface area (Å²) in [7, 11) is 3.82. The summed E-state index contributed by atoms with van der Waals surface area (Å²) < 4.78 is 15.5. The van der Waals surface area contributed by atoms with Gasteiger partial charge < -0.3 is 25.8 Å². The number of hydrogen-bond acceptors (Lipinski definition) is 6. The third-order valence-electron chi connectivity index (χ3n) is 7.94. The fourth-order valence-corrected chi connectivity index (χ4v) is 5.48. The fraction of sp³-hybridized carbons (Fsp3) is 0.242. The van der Waals surface area contributed by atoms with Crippen LogP contribution in [0.3, 0.4) is 0 Å². The quantitative estimate of drug-likeness (QED) is 0.202. The van der Waals surface area contributed by atoms with Gasteiger partial charge in [0.05, 0.1) is 11.4 Å². The van der Waals surface area contributed by atoms with E-state index >= 15 is 4.39 Å². The van der Waals surface area contributed by atoms with Crippen LogP contribution >= 0.6 is 0 Å². The van der Waals surface area contributed by atoms with Crippen molar-refractivity contribution in [3.8, 4) is 22.4 Å². The van der Waals surface area contributed by atoms with E-state index in [1.165, 1.54) is 18.3 Å². The number of nitrogens with one attached hydrogen (secondary N) is 2. The van der Waals surface area contributed by atoms with Gasteiger partial charge in [0.1, 0.15) is 11.5 Å². The van der Waals surface area contributed by atoms with Crippen LogP contribution in [0.4, 0.5) is 15.8 Å². The summed E-state index contributed by atoms with van der Waals surface area (Å²) in [5, 5.41) is 3.60. The van der Waals surface area contributed by atoms with E-state index < -0.39 is 11.7 Å². The zero-order valence-electron chi connectivity index (χ0n) is 24.5. The summed E-state index contributed by atoms with van der Waals surface area (Å²) >= 11 is 0. The molecule has 1 saturated heterocycles. The summed E-state index contributed by atoms with van der Waals surface area (Å²) in [6.07, 6.45) is 6.07. The number of anilines is 2. The van der Waals surface area contributed by atoms with Crippen molar-refractivity contribution in [2.45, 2.75) is 13.8 Å². The molecule has 4 N–H and O–H groups in total. The van der Waals surface area contributed by atoms with Gasteiger partial charge in [-0.3, -0.25) is 9.79 Å². The third kappa shape index (κ3) is 5.43. The first-order chi connectivity index (χ1) is 20.2. The molecule has 2 aromatic carbocycles. The molecule has 2 aromatic heterocycles. The average Bonchev–Trinajstić information content (AvgIpc) is 3.38. The molecule has 0 atom stereocenters. The number of amides is 1. The lowest BCUT2D eigenvalue weighted by atomic mass is 9.92. The van der Waals surface area contributed by atoms with Crippen molar-refractivity contribution >= 4 is 40.1 Å². The van der Waals surface area contributed by atoms with E-state index in [1.54, 1.807) is 26.4 Å². The highest BCUT2D eigenvalue weighted by molar-refractivity contribution is 6.12. The largest absolute Gasteiger partial charge is 0.404 e. The van der Waals surface area contributed by atoms with Gasteiger partial charge in [-0.05, 0) is 67.9 Å². The van der Waals surface area contributed by atoms with Gasteiger partial charge in [-0.2, -0.15) is 0 Å². The maximum atomic E-state index is 15.5. The molecule has 4 aromatic rings. The van der Waals surface area contributed by atoms with E-state index in [0.29, 0.717) is 28.0 Å². The number of allylic oxidation sites excluding steroid dienone is 1. The van der Waals surface area contributed by atoms with Crippen molar-refractivity contribution in [3.05, 3.63) is 84.0 Å². The number of carbonyl (C=O) groups excluding carboxylic acids is 1. The van der Waals surface area contributed by atoms with Crippen molar-refractivity contribution in [2.24, 2.45) is 10.7 Å². The molecule has 216 valence electrons. The third-order valence-corrected chi connectivity index (χ3v) is 7.94. The Bertz CT molecular complexity index is 1710. The Balaban J connectivity index is 1.72. The monoisotopic (exact) mass is 565 g/mol. The first-order valence-electron chi connectivity index (χ1n) is 13.9. The van der Waals surface area contributed by atoms with E-state index in [0.717, 1.165) is 65.2 Å². The minimum absolute atomic E-state index is 0.357. The second-order valence-corrected chi connectivity index (χ2v) is 10.6. The van der Waals surface area contributed by atoms with Crippen molar-refractivity contribution in [1.82, 2.24) is 14.9 Å². The van der Waals surface area contributed by atoms with Crippen LogP contribution in [0.25, 0.3) is 39.0 Å². The number of rotatable bonds is 7. The number of halogens is 1. The molecule has 0 unspecified atom stereocenters. The van der Waals surface area contributed by atoms with Crippen LogP contribution in [-0.2, 0) is 4.79 Å². The van der Waals surface area contributed by atoms with Crippen molar-refractivity contribution in [1.29, 1.82) is 0 Å². The maximum Gasteiger partial charge on any atom is 0.247 e. The molecular weight excluding hydrogens is 529 g/mol. The summed E-state index contributed by atoms with van der Waals surface area (Å²) in [6.45, 7) is 11.1. The van der Waals surface area contributed by atoms with E-state index in [9.17, 15) is 4.79 Å². The molecule has 0 spiro atoms. The molecule has 0 aliphatic carbocycles. The number of likely N-dealkylation sites (N-methyl/N-ethyl adjacent to an activating group) is 1. The number of pyridine rings is 1. The van der Waals surface area contributed by atoms with E-state index in [-0.39, 0.29) is 0 Å². The SMILES string of the molecule is C=CC(=O)Nc1c(C)c(F)cc(-c2c(-c3ccc(N4CCN(C)CC4)cc3)[nH]c3ncc(/C(C=NC)=C/N)cc23)c1C. The lowest BCUT2D eigenvalue weighted by molar-refractivity contribution is -0.111. The number of aliphatic imine (C=N–C) groups is 1. The first-order valence-corrected chi connectivity index (χ1v) is 13.9. The minimum Gasteiger partial charge on any atom is -0.404 e. The highest BCUT2D eigenvalue weighted by atomic mass is 19.1. The standard InChI is InChI=1S/C33H36FN7O/c1-6-29(42)38-31-20(2)26(16-28(34)21(31)3)30-27-15-23(24(17-35)18-36-4)19-37-33(27)39-32(30)22-7-9-25(10-8-22)41-13-11-40(5)12-14-41/h6-10,15-19H,1,11-14,35H2,2-5H3,(H,37,39)(H,38,42)/b24-17+,36-18?. The summed E-state index contributed by atoms with van der Waals surface area (Å²) in [5.74, 6) is -0.831. The van der Waals surface area contributed by atoms with Gasteiger partial charge in [-0.1, -0.05) is 18.7 Å². The number of hydrogen-bond donors (Lipinski definition) is 3. The van der Waals surface area contributed by atoms with E-state index in [2.05, 4.69) is 63.0 Å². The molecule has 1 fully saturated rings. The molecule has 1 aliphatic heterocycles. The lowest BCUT2D eigenvalue weighted by Crippen LogP contribution is -2.44.